The van der Waals surface area contributed by atoms with E-state index >= 15 is 0 Å². The van der Waals surface area contributed by atoms with E-state index in [0.29, 0.717) is 0 Å². The Morgan fingerprint density at radius 2 is 2.18 bits per heavy atom. The molecule has 2 rings (SSSR count). The molecule has 2 N–H and O–H groups in total. The van der Waals surface area contributed by atoms with Gasteiger partial charge < -0.3 is 5.11 Å². The summed E-state index contributed by atoms with van der Waals surface area (Å²) in [5, 5.41) is 15.2. The van der Waals surface area contributed by atoms with E-state index in [1.54, 1.807) is 0 Å². The molecule has 1 saturated carbocycles. The summed E-state index contributed by atoms with van der Waals surface area (Å²) >= 11 is 0. The van der Waals surface area contributed by atoms with E-state index in [1.807, 2.05) is 0 Å². The molecule has 1 aliphatic carbocycles. The Morgan fingerprint density at radius 1 is 1.47 bits per heavy atom. The van der Waals surface area contributed by atoms with Crippen molar-refractivity contribution in [2.24, 2.45) is 0 Å². The zero-order valence-corrected chi connectivity index (χ0v) is 10.4. The number of aliphatic hydroxyl groups is 1. The van der Waals surface area contributed by atoms with Crippen LogP contribution in [-0.4, -0.2) is 47.2 Å². The number of nitrogens with one attached hydrogen (secondary N) is 1. The van der Waals surface area contributed by atoms with Gasteiger partial charge in [0.15, 0.2) is 0 Å². The minimum Gasteiger partial charge on any atom is -0.395 e. The summed E-state index contributed by atoms with van der Waals surface area (Å²) in [6, 6.07) is 0.0158. The normalized spacial score (nSPS) is 18.0. The van der Waals surface area contributed by atoms with Crippen LogP contribution in [-0.2, 0) is 10.0 Å². The van der Waals surface area contributed by atoms with Gasteiger partial charge in [-0.1, -0.05) is 12.8 Å². The average molecular weight is 259 g/mol. The van der Waals surface area contributed by atoms with Crippen molar-refractivity contribution in [3.63, 3.8) is 0 Å². The van der Waals surface area contributed by atoms with E-state index in [9.17, 15) is 8.42 Å². The smallest absolute Gasteiger partial charge is 0.246 e. The molecule has 7 heteroatoms. The number of aromatic amines is 1. The second-order valence-corrected chi connectivity index (χ2v) is 6.10. The van der Waals surface area contributed by atoms with E-state index in [-0.39, 0.29) is 24.1 Å². The van der Waals surface area contributed by atoms with Crippen molar-refractivity contribution in [2.75, 3.05) is 13.2 Å². The third-order valence-corrected chi connectivity index (χ3v) is 5.05. The van der Waals surface area contributed by atoms with Crippen LogP contribution in [0.25, 0.3) is 0 Å². The molecular weight excluding hydrogens is 242 g/mol. The lowest BCUT2D eigenvalue weighted by Crippen LogP contribution is -2.40. The fourth-order valence-electron chi connectivity index (χ4n) is 2.31. The number of sulfonamides is 1. The van der Waals surface area contributed by atoms with E-state index in [2.05, 4.69) is 10.2 Å². The lowest BCUT2D eigenvalue weighted by Gasteiger charge is -2.26. The van der Waals surface area contributed by atoms with Crippen molar-refractivity contribution in [2.45, 2.75) is 36.6 Å². The highest BCUT2D eigenvalue weighted by atomic mass is 32.2. The molecule has 0 unspecified atom stereocenters. The van der Waals surface area contributed by atoms with Crippen LogP contribution >= 0.6 is 0 Å². The van der Waals surface area contributed by atoms with Crippen LogP contribution in [0.15, 0.2) is 17.3 Å². The van der Waals surface area contributed by atoms with Crippen molar-refractivity contribution in [1.29, 1.82) is 0 Å². The first-order valence-electron chi connectivity index (χ1n) is 5.78. The van der Waals surface area contributed by atoms with Crippen LogP contribution in [0.5, 0.6) is 0 Å². The molecule has 1 fully saturated rings. The Kier molecular flexibility index (Phi) is 3.80. The first kappa shape index (κ1) is 12.5. The van der Waals surface area contributed by atoms with E-state index < -0.39 is 10.0 Å². The molecule has 0 radical (unpaired) electrons. The van der Waals surface area contributed by atoms with Crippen LogP contribution in [0.3, 0.4) is 0 Å². The Hall–Kier alpha value is -0.920. The summed E-state index contributed by atoms with van der Waals surface area (Å²) in [6.07, 6.45) is 6.51. The highest BCUT2D eigenvalue weighted by Crippen LogP contribution is 2.27. The predicted molar refractivity (Wildman–Crippen MR) is 61.8 cm³/mol. The number of hydrogen-bond donors (Lipinski definition) is 2. The minimum atomic E-state index is -3.52. The molecule has 0 amide bonds. The number of rotatable bonds is 5. The molecule has 96 valence electrons. The molecule has 6 nitrogen and oxygen atoms in total. The van der Waals surface area contributed by atoms with Crippen molar-refractivity contribution >= 4 is 10.0 Å². The monoisotopic (exact) mass is 259 g/mol. The van der Waals surface area contributed by atoms with Gasteiger partial charge in [-0.25, -0.2) is 8.42 Å². The Balaban J connectivity index is 2.26. The SMILES string of the molecule is O=S(=O)(c1cn[nH]c1)N(CCO)C1CCCC1. The molecule has 0 aromatic carbocycles. The molecule has 0 spiro atoms. The Labute approximate surface area is 101 Å². The average Bonchev–Trinajstić information content (AvgIpc) is 2.97. The lowest BCUT2D eigenvalue weighted by atomic mass is 10.2. The van der Waals surface area contributed by atoms with Crippen LogP contribution in [0.2, 0.25) is 0 Å². The first-order chi connectivity index (χ1) is 8.16. The predicted octanol–water partition coefficient (Wildman–Crippen LogP) is 0.335. The zero-order valence-electron chi connectivity index (χ0n) is 9.54. The van der Waals surface area contributed by atoms with Gasteiger partial charge in [0.25, 0.3) is 0 Å². The summed E-state index contributed by atoms with van der Waals surface area (Å²) in [7, 11) is -3.52. The van der Waals surface area contributed by atoms with E-state index in [0.717, 1.165) is 25.7 Å². The third-order valence-electron chi connectivity index (χ3n) is 3.13. The molecule has 1 aromatic heterocycles. The molecule has 1 aliphatic rings. The second-order valence-electron chi connectivity index (χ2n) is 4.21. The van der Waals surface area contributed by atoms with Gasteiger partial charge in [0.1, 0.15) is 4.90 Å². The maximum absolute atomic E-state index is 12.3. The summed E-state index contributed by atoms with van der Waals surface area (Å²) in [5.74, 6) is 0. The maximum Gasteiger partial charge on any atom is 0.246 e. The molecule has 1 aromatic rings. The Bertz CT molecular complexity index is 437. The minimum absolute atomic E-state index is 0.0158. The lowest BCUT2D eigenvalue weighted by molar-refractivity contribution is 0.226. The molecular formula is C10H17N3O3S. The van der Waals surface area contributed by atoms with Gasteiger partial charge in [0.05, 0.1) is 12.8 Å². The summed E-state index contributed by atoms with van der Waals surface area (Å²) in [5.41, 5.74) is 0. The van der Waals surface area contributed by atoms with Crippen LogP contribution < -0.4 is 0 Å². The van der Waals surface area contributed by atoms with Gasteiger partial charge >= 0.3 is 0 Å². The van der Waals surface area contributed by atoms with Crippen LogP contribution in [0.1, 0.15) is 25.7 Å². The van der Waals surface area contributed by atoms with Crippen molar-refractivity contribution in [3.8, 4) is 0 Å². The molecule has 0 saturated heterocycles. The van der Waals surface area contributed by atoms with Gasteiger partial charge in [-0.15, -0.1) is 0 Å². The van der Waals surface area contributed by atoms with E-state index in [1.165, 1.54) is 16.7 Å². The van der Waals surface area contributed by atoms with Gasteiger partial charge in [-0.3, -0.25) is 5.10 Å². The number of H-pyrrole nitrogens is 1. The van der Waals surface area contributed by atoms with Crippen molar-refractivity contribution < 1.29 is 13.5 Å². The number of nitrogens with zero attached hydrogens (tertiary/aromatic N) is 2. The zero-order chi connectivity index (χ0) is 12.3. The van der Waals surface area contributed by atoms with Crippen LogP contribution in [0.4, 0.5) is 0 Å². The molecule has 0 bridgehead atoms. The summed E-state index contributed by atoms with van der Waals surface area (Å²) in [4.78, 5) is 0.165. The van der Waals surface area contributed by atoms with Crippen LogP contribution in [0, 0.1) is 0 Å². The molecule has 17 heavy (non-hydrogen) atoms. The van der Waals surface area contributed by atoms with Gasteiger partial charge in [-0.05, 0) is 12.8 Å². The fraction of sp³-hybridized carbons (Fsp3) is 0.700. The number of aliphatic hydroxyl groups excluding tert-OH is 1. The number of hydrogen-bond acceptors (Lipinski definition) is 4. The fourth-order valence-corrected chi connectivity index (χ4v) is 3.89. The quantitative estimate of drug-likeness (QED) is 0.798. The third kappa shape index (κ3) is 2.51. The molecule has 1 heterocycles. The first-order valence-corrected chi connectivity index (χ1v) is 7.22. The maximum atomic E-state index is 12.3. The van der Waals surface area contributed by atoms with Crippen molar-refractivity contribution in [1.82, 2.24) is 14.5 Å². The molecule has 0 atom stereocenters. The van der Waals surface area contributed by atoms with E-state index in [4.69, 9.17) is 5.11 Å². The highest BCUT2D eigenvalue weighted by molar-refractivity contribution is 7.89. The second kappa shape index (κ2) is 5.16. The summed E-state index contributed by atoms with van der Waals surface area (Å²) < 4.78 is 26.1. The number of aromatic nitrogens is 2. The van der Waals surface area contributed by atoms with Gasteiger partial charge in [0, 0.05) is 18.8 Å². The topological polar surface area (TPSA) is 86.3 Å². The van der Waals surface area contributed by atoms with Gasteiger partial charge in [0.2, 0.25) is 10.0 Å². The van der Waals surface area contributed by atoms with Crippen molar-refractivity contribution in [3.05, 3.63) is 12.4 Å². The highest BCUT2D eigenvalue weighted by Gasteiger charge is 2.33. The molecule has 0 aliphatic heterocycles. The standard InChI is InChI=1S/C10H17N3O3S/c14-6-5-13(9-3-1-2-4-9)17(15,16)10-7-11-12-8-10/h7-9,14H,1-6H2,(H,11,12). The Morgan fingerprint density at radius 3 is 2.71 bits per heavy atom. The summed E-state index contributed by atoms with van der Waals surface area (Å²) in [6.45, 7) is -0.00817. The largest absolute Gasteiger partial charge is 0.395 e. The van der Waals surface area contributed by atoms with Gasteiger partial charge in [-0.2, -0.15) is 9.40 Å².